The Kier molecular flexibility index (Phi) is 5.66. The number of nitrogens with one attached hydrogen (secondary N) is 1. The largest absolute Gasteiger partial charge is 0.491 e. The minimum atomic E-state index is -0.0496. The Labute approximate surface area is 155 Å². The lowest BCUT2D eigenvalue weighted by atomic mass is 10.2. The average molecular weight is 353 g/mol. The monoisotopic (exact) mass is 353 g/mol. The molecule has 0 aromatic heterocycles. The van der Waals surface area contributed by atoms with Crippen LogP contribution in [0.25, 0.3) is 0 Å². The topological polar surface area (TPSA) is 44.8 Å². The fourth-order valence-electron chi connectivity index (χ4n) is 3.08. The van der Waals surface area contributed by atoms with E-state index >= 15 is 0 Å². The number of carbonyl (C=O) groups is 1. The normalized spacial score (nSPS) is 14.5. The molecule has 2 amide bonds. The summed E-state index contributed by atoms with van der Waals surface area (Å²) in [5, 5.41) is 2.97. The number of rotatable bonds is 4. The van der Waals surface area contributed by atoms with Gasteiger partial charge in [0.15, 0.2) is 0 Å². The molecule has 3 rings (SSSR count). The molecule has 0 unspecified atom stereocenters. The summed E-state index contributed by atoms with van der Waals surface area (Å²) in [7, 11) is 0. The van der Waals surface area contributed by atoms with Gasteiger partial charge in [0.25, 0.3) is 0 Å². The van der Waals surface area contributed by atoms with Gasteiger partial charge in [0.2, 0.25) is 0 Å². The number of hydrogen-bond donors (Lipinski definition) is 1. The van der Waals surface area contributed by atoms with E-state index in [1.807, 2.05) is 43.0 Å². The van der Waals surface area contributed by atoms with Gasteiger partial charge in [-0.2, -0.15) is 0 Å². The molecule has 2 aromatic carbocycles. The van der Waals surface area contributed by atoms with Crippen LogP contribution in [0.4, 0.5) is 16.2 Å². The Hall–Kier alpha value is -2.69. The highest BCUT2D eigenvalue weighted by Gasteiger charge is 2.21. The molecule has 1 aliphatic heterocycles. The lowest BCUT2D eigenvalue weighted by molar-refractivity contribution is 0.208. The van der Waals surface area contributed by atoms with E-state index in [-0.39, 0.29) is 12.1 Å². The molecule has 1 saturated heterocycles. The molecule has 1 fully saturated rings. The molecule has 138 valence electrons. The van der Waals surface area contributed by atoms with E-state index < -0.39 is 0 Å². The predicted octanol–water partition coefficient (Wildman–Crippen LogP) is 4.14. The first-order chi connectivity index (χ1) is 12.5. The SMILES string of the molecule is Cc1cccc(N2CCN(C(=O)Nc3ccc(OC(C)C)cc3)CC2)c1. The molecule has 0 spiro atoms. The number of nitrogens with zero attached hydrogens (tertiary/aromatic N) is 2. The van der Waals surface area contributed by atoms with Gasteiger partial charge in [0.1, 0.15) is 5.75 Å². The molecule has 1 heterocycles. The molecule has 1 N–H and O–H groups in total. The number of urea groups is 1. The molecular formula is C21H27N3O2. The summed E-state index contributed by atoms with van der Waals surface area (Å²) in [6, 6.07) is 16.0. The third-order valence-corrected chi connectivity index (χ3v) is 4.41. The van der Waals surface area contributed by atoms with Crippen LogP contribution in [0.5, 0.6) is 5.75 Å². The third-order valence-electron chi connectivity index (χ3n) is 4.41. The summed E-state index contributed by atoms with van der Waals surface area (Å²) in [6.45, 7) is 9.21. The highest BCUT2D eigenvalue weighted by molar-refractivity contribution is 5.89. The standard InChI is InChI=1S/C21H27N3O2/c1-16(2)26-20-9-7-18(8-10-20)22-21(25)24-13-11-23(12-14-24)19-6-4-5-17(3)15-19/h4-10,15-16H,11-14H2,1-3H3,(H,22,25). The summed E-state index contributed by atoms with van der Waals surface area (Å²) in [4.78, 5) is 16.7. The third kappa shape index (κ3) is 4.69. The zero-order chi connectivity index (χ0) is 18.5. The number of aryl methyl sites for hydroxylation is 1. The molecule has 1 aliphatic rings. The number of benzene rings is 2. The molecule has 0 saturated carbocycles. The van der Waals surface area contributed by atoms with E-state index in [4.69, 9.17) is 4.74 Å². The summed E-state index contributed by atoms with van der Waals surface area (Å²) in [6.07, 6.45) is 0.139. The van der Waals surface area contributed by atoms with Gasteiger partial charge in [0, 0.05) is 37.6 Å². The summed E-state index contributed by atoms with van der Waals surface area (Å²) in [5.74, 6) is 0.810. The number of carbonyl (C=O) groups excluding carboxylic acids is 1. The zero-order valence-corrected chi connectivity index (χ0v) is 15.7. The number of amides is 2. The van der Waals surface area contributed by atoms with Crippen molar-refractivity contribution in [2.75, 3.05) is 36.4 Å². The summed E-state index contributed by atoms with van der Waals surface area (Å²) >= 11 is 0. The molecule has 0 aliphatic carbocycles. The summed E-state index contributed by atoms with van der Waals surface area (Å²) in [5.41, 5.74) is 3.27. The fourth-order valence-corrected chi connectivity index (χ4v) is 3.08. The number of anilines is 2. The Morgan fingerprint density at radius 2 is 1.73 bits per heavy atom. The van der Waals surface area contributed by atoms with Crippen molar-refractivity contribution >= 4 is 17.4 Å². The maximum atomic E-state index is 12.5. The van der Waals surface area contributed by atoms with Crippen molar-refractivity contribution in [3.63, 3.8) is 0 Å². The van der Waals surface area contributed by atoms with E-state index in [2.05, 4.69) is 41.4 Å². The summed E-state index contributed by atoms with van der Waals surface area (Å²) < 4.78 is 5.62. The second-order valence-corrected chi connectivity index (χ2v) is 6.93. The first kappa shape index (κ1) is 18.1. The van der Waals surface area contributed by atoms with Crippen LogP contribution in [-0.4, -0.2) is 43.2 Å². The van der Waals surface area contributed by atoms with Gasteiger partial charge in [-0.15, -0.1) is 0 Å². The van der Waals surface area contributed by atoms with Crippen molar-refractivity contribution in [2.24, 2.45) is 0 Å². The Balaban J connectivity index is 1.52. The van der Waals surface area contributed by atoms with Crippen molar-refractivity contribution < 1.29 is 9.53 Å². The Bertz CT molecular complexity index is 735. The molecule has 26 heavy (non-hydrogen) atoms. The molecule has 0 radical (unpaired) electrons. The van der Waals surface area contributed by atoms with Crippen LogP contribution in [0.3, 0.4) is 0 Å². The first-order valence-electron chi connectivity index (χ1n) is 9.15. The minimum absolute atomic E-state index is 0.0496. The van der Waals surface area contributed by atoms with Gasteiger partial charge in [-0.3, -0.25) is 0 Å². The molecule has 5 heteroatoms. The van der Waals surface area contributed by atoms with E-state index in [9.17, 15) is 4.79 Å². The van der Waals surface area contributed by atoms with Crippen LogP contribution < -0.4 is 15.0 Å². The Morgan fingerprint density at radius 3 is 2.35 bits per heavy atom. The van der Waals surface area contributed by atoms with Gasteiger partial charge < -0.3 is 19.9 Å². The molecule has 0 atom stereocenters. The van der Waals surface area contributed by atoms with Crippen LogP contribution >= 0.6 is 0 Å². The van der Waals surface area contributed by atoms with E-state index in [0.29, 0.717) is 13.1 Å². The molecular weight excluding hydrogens is 326 g/mol. The number of piperazine rings is 1. The van der Waals surface area contributed by atoms with Gasteiger partial charge in [0.05, 0.1) is 6.10 Å². The van der Waals surface area contributed by atoms with Crippen LogP contribution in [0.1, 0.15) is 19.4 Å². The van der Waals surface area contributed by atoms with Crippen molar-refractivity contribution in [3.8, 4) is 5.75 Å². The average Bonchev–Trinajstić information content (AvgIpc) is 2.63. The van der Waals surface area contributed by atoms with Crippen LogP contribution in [-0.2, 0) is 0 Å². The maximum Gasteiger partial charge on any atom is 0.321 e. The highest BCUT2D eigenvalue weighted by atomic mass is 16.5. The zero-order valence-electron chi connectivity index (χ0n) is 15.7. The van der Waals surface area contributed by atoms with Gasteiger partial charge >= 0.3 is 6.03 Å². The number of ether oxygens (including phenoxy) is 1. The van der Waals surface area contributed by atoms with Gasteiger partial charge in [-0.1, -0.05) is 12.1 Å². The number of hydrogen-bond acceptors (Lipinski definition) is 3. The van der Waals surface area contributed by atoms with E-state index in [0.717, 1.165) is 24.5 Å². The predicted molar refractivity (Wildman–Crippen MR) is 106 cm³/mol. The Morgan fingerprint density at radius 1 is 1.04 bits per heavy atom. The van der Waals surface area contributed by atoms with Crippen molar-refractivity contribution in [3.05, 3.63) is 54.1 Å². The first-order valence-corrected chi connectivity index (χ1v) is 9.15. The van der Waals surface area contributed by atoms with Crippen LogP contribution in [0, 0.1) is 6.92 Å². The molecule has 2 aromatic rings. The fraction of sp³-hybridized carbons (Fsp3) is 0.381. The lowest BCUT2D eigenvalue weighted by Crippen LogP contribution is -2.50. The highest BCUT2D eigenvalue weighted by Crippen LogP contribution is 2.20. The van der Waals surface area contributed by atoms with Gasteiger partial charge in [-0.05, 0) is 62.7 Å². The van der Waals surface area contributed by atoms with E-state index in [1.54, 1.807) is 0 Å². The molecule has 5 nitrogen and oxygen atoms in total. The maximum absolute atomic E-state index is 12.5. The van der Waals surface area contributed by atoms with Crippen molar-refractivity contribution in [1.82, 2.24) is 4.90 Å². The van der Waals surface area contributed by atoms with E-state index in [1.165, 1.54) is 11.3 Å². The minimum Gasteiger partial charge on any atom is -0.491 e. The molecule has 0 bridgehead atoms. The lowest BCUT2D eigenvalue weighted by Gasteiger charge is -2.36. The quantitative estimate of drug-likeness (QED) is 0.899. The second kappa shape index (κ2) is 8.13. The van der Waals surface area contributed by atoms with Crippen molar-refractivity contribution in [1.29, 1.82) is 0 Å². The van der Waals surface area contributed by atoms with Crippen LogP contribution in [0.15, 0.2) is 48.5 Å². The smallest absolute Gasteiger partial charge is 0.321 e. The van der Waals surface area contributed by atoms with Crippen LogP contribution in [0.2, 0.25) is 0 Å². The van der Waals surface area contributed by atoms with Gasteiger partial charge in [-0.25, -0.2) is 4.79 Å². The second-order valence-electron chi connectivity index (χ2n) is 6.93. The van der Waals surface area contributed by atoms with Crippen molar-refractivity contribution in [2.45, 2.75) is 26.9 Å².